The van der Waals surface area contributed by atoms with Gasteiger partial charge in [0.05, 0.1) is 11.3 Å². The normalized spacial score (nSPS) is 13.1. The van der Waals surface area contributed by atoms with Gasteiger partial charge in [-0.15, -0.1) is 0 Å². The topological polar surface area (TPSA) is 55.6 Å². The number of hydrogen-bond acceptors (Lipinski definition) is 3. The third kappa shape index (κ3) is 2.88. The van der Waals surface area contributed by atoms with Gasteiger partial charge in [0.25, 0.3) is 5.91 Å². The molecule has 5 nitrogen and oxygen atoms in total. The fourth-order valence-corrected chi connectivity index (χ4v) is 2.77. The number of nitrogens with zero attached hydrogens (tertiary/aromatic N) is 2. The summed E-state index contributed by atoms with van der Waals surface area (Å²) in [5, 5.41) is 2.94. The molecule has 5 heteroatoms. The number of benzene rings is 1. The van der Waals surface area contributed by atoms with Gasteiger partial charge in [-0.3, -0.25) is 4.79 Å². The van der Waals surface area contributed by atoms with Gasteiger partial charge in [0.15, 0.2) is 0 Å². The number of pyridine rings is 1. The molecule has 0 spiro atoms. The van der Waals surface area contributed by atoms with Gasteiger partial charge < -0.3 is 14.5 Å². The number of fused-ring (bicyclic) bond motifs is 2. The van der Waals surface area contributed by atoms with Crippen molar-refractivity contribution in [1.29, 1.82) is 0 Å². The van der Waals surface area contributed by atoms with Crippen LogP contribution in [0.4, 0.5) is 0 Å². The van der Waals surface area contributed by atoms with E-state index in [1.807, 2.05) is 65.3 Å². The van der Waals surface area contributed by atoms with Crippen molar-refractivity contribution in [3.63, 3.8) is 0 Å². The van der Waals surface area contributed by atoms with Gasteiger partial charge in [0.1, 0.15) is 18.0 Å². The Morgan fingerprint density at radius 1 is 1.21 bits per heavy atom. The van der Waals surface area contributed by atoms with Crippen LogP contribution in [0.5, 0.6) is 5.75 Å². The maximum atomic E-state index is 12.3. The molecule has 0 atom stereocenters. The van der Waals surface area contributed by atoms with Crippen LogP contribution in [0.3, 0.4) is 0 Å². The number of aromatic nitrogens is 2. The zero-order chi connectivity index (χ0) is 16.4. The highest BCUT2D eigenvalue weighted by atomic mass is 16.5. The molecule has 0 saturated carbocycles. The van der Waals surface area contributed by atoms with E-state index in [9.17, 15) is 4.79 Å². The molecule has 0 aliphatic carbocycles. The predicted molar refractivity (Wildman–Crippen MR) is 91.8 cm³/mol. The smallest absolute Gasteiger partial charge is 0.250 e. The zero-order valence-corrected chi connectivity index (χ0v) is 13.1. The van der Waals surface area contributed by atoms with Crippen molar-refractivity contribution in [2.45, 2.75) is 6.42 Å². The first-order valence-electron chi connectivity index (χ1n) is 7.93. The summed E-state index contributed by atoms with van der Waals surface area (Å²) in [7, 11) is 0. The van der Waals surface area contributed by atoms with E-state index >= 15 is 0 Å². The van der Waals surface area contributed by atoms with Crippen LogP contribution in [-0.4, -0.2) is 28.4 Å². The van der Waals surface area contributed by atoms with E-state index < -0.39 is 0 Å². The Bertz CT molecular complexity index is 894. The van der Waals surface area contributed by atoms with Gasteiger partial charge in [0.2, 0.25) is 0 Å². The SMILES string of the molecule is O=C(NCCc1cn2ccccc2n1)C1=Cc2ccccc2OC1. The molecule has 4 rings (SSSR count). The van der Waals surface area contributed by atoms with Crippen LogP contribution in [0, 0.1) is 0 Å². The first kappa shape index (κ1) is 14.5. The summed E-state index contributed by atoms with van der Waals surface area (Å²) in [6, 6.07) is 13.6. The van der Waals surface area contributed by atoms with Crippen molar-refractivity contribution in [2.24, 2.45) is 0 Å². The van der Waals surface area contributed by atoms with Crippen molar-refractivity contribution in [3.05, 3.63) is 71.7 Å². The van der Waals surface area contributed by atoms with Gasteiger partial charge in [-0.25, -0.2) is 4.98 Å². The molecule has 2 aromatic heterocycles. The lowest BCUT2D eigenvalue weighted by molar-refractivity contribution is -0.117. The number of carbonyl (C=O) groups excluding carboxylic acids is 1. The fourth-order valence-electron chi connectivity index (χ4n) is 2.77. The molecular weight excluding hydrogens is 302 g/mol. The monoisotopic (exact) mass is 319 g/mol. The summed E-state index contributed by atoms with van der Waals surface area (Å²) in [5.41, 5.74) is 3.46. The number of amides is 1. The van der Waals surface area contributed by atoms with Crippen molar-refractivity contribution in [3.8, 4) is 5.75 Å². The Morgan fingerprint density at radius 2 is 2.08 bits per heavy atom. The molecule has 0 unspecified atom stereocenters. The van der Waals surface area contributed by atoms with Crippen LogP contribution < -0.4 is 10.1 Å². The van der Waals surface area contributed by atoms with Crippen LogP contribution in [0.1, 0.15) is 11.3 Å². The third-order valence-corrected chi connectivity index (χ3v) is 4.00. The largest absolute Gasteiger partial charge is 0.488 e. The van der Waals surface area contributed by atoms with Crippen LogP contribution in [0.25, 0.3) is 11.7 Å². The van der Waals surface area contributed by atoms with Gasteiger partial charge in [0, 0.05) is 30.9 Å². The Kier molecular flexibility index (Phi) is 3.75. The number of nitrogens with one attached hydrogen (secondary N) is 1. The first-order chi connectivity index (χ1) is 11.8. The van der Waals surface area contributed by atoms with Crippen molar-refractivity contribution in [1.82, 2.24) is 14.7 Å². The van der Waals surface area contributed by atoms with Crippen molar-refractivity contribution < 1.29 is 9.53 Å². The van der Waals surface area contributed by atoms with E-state index in [0.29, 0.717) is 25.1 Å². The Morgan fingerprint density at radius 3 is 3.00 bits per heavy atom. The zero-order valence-electron chi connectivity index (χ0n) is 13.1. The van der Waals surface area contributed by atoms with E-state index in [1.165, 1.54) is 0 Å². The number of rotatable bonds is 4. The minimum absolute atomic E-state index is 0.0896. The standard InChI is InChI=1S/C19H17N3O2/c23-19(15-11-14-5-1-2-6-17(14)24-13-15)20-9-8-16-12-22-10-4-3-7-18(22)21-16/h1-7,10-12H,8-9,13H2,(H,20,23). The average Bonchev–Trinajstić information content (AvgIpc) is 3.04. The highest BCUT2D eigenvalue weighted by molar-refractivity contribution is 5.99. The van der Waals surface area contributed by atoms with Crippen molar-refractivity contribution in [2.75, 3.05) is 13.2 Å². The molecular formula is C19H17N3O2. The van der Waals surface area contributed by atoms with E-state index in [2.05, 4.69) is 10.3 Å². The van der Waals surface area contributed by atoms with Gasteiger partial charge in [-0.1, -0.05) is 24.3 Å². The predicted octanol–water partition coefficient (Wildman–Crippen LogP) is 2.47. The second-order valence-electron chi connectivity index (χ2n) is 5.70. The van der Waals surface area contributed by atoms with Crippen LogP contribution in [-0.2, 0) is 11.2 Å². The number of para-hydroxylation sites is 1. The molecule has 3 aromatic rings. The summed E-state index contributed by atoms with van der Waals surface area (Å²) in [5.74, 6) is 0.729. The summed E-state index contributed by atoms with van der Waals surface area (Å²) >= 11 is 0. The molecule has 1 amide bonds. The van der Waals surface area contributed by atoms with E-state index in [1.54, 1.807) is 0 Å². The molecule has 1 N–H and O–H groups in total. The molecule has 1 aliphatic rings. The summed E-state index contributed by atoms with van der Waals surface area (Å²) in [6.07, 6.45) is 6.53. The molecule has 0 fully saturated rings. The molecule has 1 aliphatic heterocycles. The van der Waals surface area contributed by atoms with Gasteiger partial charge in [-0.2, -0.15) is 0 Å². The number of imidazole rings is 1. The van der Waals surface area contributed by atoms with Gasteiger partial charge in [-0.05, 0) is 24.3 Å². The van der Waals surface area contributed by atoms with Crippen LogP contribution in [0.2, 0.25) is 0 Å². The highest BCUT2D eigenvalue weighted by Gasteiger charge is 2.16. The Hall–Kier alpha value is -3.08. The Labute approximate surface area is 139 Å². The molecule has 24 heavy (non-hydrogen) atoms. The summed E-state index contributed by atoms with van der Waals surface area (Å²) in [6.45, 7) is 0.846. The lowest BCUT2D eigenvalue weighted by Crippen LogP contribution is -2.30. The maximum absolute atomic E-state index is 12.3. The number of carbonyl (C=O) groups is 1. The second-order valence-corrected chi connectivity index (χ2v) is 5.70. The molecule has 3 heterocycles. The van der Waals surface area contributed by atoms with Gasteiger partial charge >= 0.3 is 0 Å². The molecule has 1 aromatic carbocycles. The second kappa shape index (κ2) is 6.20. The van der Waals surface area contributed by atoms with Crippen LogP contribution >= 0.6 is 0 Å². The highest BCUT2D eigenvalue weighted by Crippen LogP contribution is 2.25. The quantitative estimate of drug-likeness (QED) is 0.804. The number of hydrogen-bond donors (Lipinski definition) is 1. The van der Waals surface area contributed by atoms with E-state index in [-0.39, 0.29) is 5.91 Å². The Balaban J connectivity index is 1.38. The van der Waals surface area contributed by atoms with E-state index in [0.717, 1.165) is 22.7 Å². The van der Waals surface area contributed by atoms with Crippen LogP contribution in [0.15, 0.2) is 60.4 Å². The molecule has 0 saturated heterocycles. The summed E-state index contributed by atoms with van der Waals surface area (Å²) < 4.78 is 7.59. The molecule has 120 valence electrons. The maximum Gasteiger partial charge on any atom is 0.250 e. The lowest BCUT2D eigenvalue weighted by atomic mass is 10.1. The average molecular weight is 319 g/mol. The third-order valence-electron chi connectivity index (χ3n) is 4.00. The lowest BCUT2D eigenvalue weighted by Gasteiger charge is -2.17. The van der Waals surface area contributed by atoms with Crippen molar-refractivity contribution >= 4 is 17.6 Å². The molecule has 0 radical (unpaired) electrons. The van der Waals surface area contributed by atoms with E-state index in [4.69, 9.17) is 4.74 Å². The minimum Gasteiger partial charge on any atom is -0.488 e. The first-order valence-corrected chi connectivity index (χ1v) is 7.93. The molecule has 0 bridgehead atoms. The summed E-state index contributed by atoms with van der Waals surface area (Å²) in [4.78, 5) is 16.8. The number of ether oxygens (including phenoxy) is 1. The fraction of sp³-hybridized carbons (Fsp3) is 0.158. The minimum atomic E-state index is -0.0896.